The summed E-state index contributed by atoms with van der Waals surface area (Å²) >= 11 is 0. The third-order valence-electron chi connectivity index (χ3n) is 4.84. The van der Waals surface area contributed by atoms with E-state index in [0.717, 1.165) is 6.54 Å². The molecule has 4 nitrogen and oxygen atoms in total. The van der Waals surface area contributed by atoms with Gasteiger partial charge in [0.15, 0.2) is 0 Å². The molecule has 2 aromatic carbocycles. The van der Waals surface area contributed by atoms with E-state index in [1.165, 1.54) is 33.3 Å². The van der Waals surface area contributed by atoms with Crippen LogP contribution in [0.5, 0.6) is 0 Å². The standard InChI is InChI=1S/C21H22N2O2/c1-3-25-21(24)22-13-18-17-11-15(2)9-10-19(17)23(20(18)14-22)12-16-7-5-4-6-8-16/h4-11H,3,12-14H2,1-2H3. The van der Waals surface area contributed by atoms with Crippen molar-refractivity contribution in [3.05, 3.63) is 70.9 Å². The second-order valence-electron chi connectivity index (χ2n) is 6.57. The van der Waals surface area contributed by atoms with Gasteiger partial charge in [0, 0.05) is 28.7 Å². The van der Waals surface area contributed by atoms with Gasteiger partial charge in [0.1, 0.15) is 0 Å². The van der Waals surface area contributed by atoms with E-state index >= 15 is 0 Å². The average molecular weight is 334 g/mol. The number of aryl methyl sites for hydroxylation is 1. The van der Waals surface area contributed by atoms with Gasteiger partial charge in [-0.2, -0.15) is 0 Å². The van der Waals surface area contributed by atoms with Crippen LogP contribution in [-0.4, -0.2) is 22.2 Å². The Morgan fingerprint density at radius 3 is 2.68 bits per heavy atom. The summed E-state index contributed by atoms with van der Waals surface area (Å²) in [7, 11) is 0. The smallest absolute Gasteiger partial charge is 0.410 e. The second-order valence-corrected chi connectivity index (χ2v) is 6.57. The largest absolute Gasteiger partial charge is 0.450 e. The zero-order valence-corrected chi connectivity index (χ0v) is 14.7. The Kier molecular flexibility index (Phi) is 3.96. The fraction of sp³-hybridized carbons (Fsp3) is 0.286. The number of aromatic nitrogens is 1. The maximum atomic E-state index is 12.2. The maximum Gasteiger partial charge on any atom is 0.410 e. The molecule has 3 aromatic rings. The van der Waals surface area contributed by atoms with E-state index in [9.17, 15) is 4.79 Å². The predicted octanol–water partition coefficient (Wildman–Crippen LogP) is 4.47. The number of hydrogen-bond acceptors (Lipinski definition) is 2. The van der Waals surface area contributed by atoms with Gasteiger partial charge < -0.3 is 9.30 Å². The van der Waals surface area contributed by atoms with Crippen LogP contribution in [0, 0.1) is 6.92 Å². The molecule has 1 amide bonds. The highest BCUT2D eigenvalue weighted by Crippen LogP contribution is 2.34. The molecule has 25 heavy (non-hydrogen) atoms. The molecule has 0 fully saturated rings. The Balaban J connectivity index is 1.78. The first-order valence-corrected chi connectivity index (χ1v) is 8.73. The molecule has 0 saturated heterocycles. The highest BCUT2D eigenvalue weighted by molar-refractivity contribution is 5.87. The van der Waals surface area contributed by atoms with Crippen LogP contribution in [0.3, 0.4) is 0 Å². The van der Waals surface area contributed by atoms with Crippen LogP contribution in [-0.2, 0) is 24.4 Å². The Hall–Kier alpha value is -2.75. The minimum absolute atomic E-state index is 0.231. The highest BCUT2D eigenvalue weighted by atomic mass is 16.6. The monoisotopic (exact) mass is 334 g/mol. The first-order chi connectivity index (χ1) is 12.2. The molecule has 4 heteroatoms. The molecular weight excluding hydrogens is 312 g/mol. The lowest BCUT2D eigenvalue weighted by Crippen LogP contribution is -2.26. The SMILES string of the molecule is CCOC(=O)N1Cc2c(n(Cc3ccccc3)c3ccc(C)cc23)C1. The van der Waals surface area contributed by atoms with Crippen LogP contribution >= 0.6 is 0 Å². The predicted molar refractivity (Wildman–Crippen MR) is 98.5 cm³/mol. The van der Waals surface area contributed by atoms with Gasteiger partial charge in [-0.15, -0.1) is 0 Å². The summed E-state index contributed by atoms with van der Waals surface area (Å²) in [4.78, 5) is 14.0. The van der Waals surface area contributed by atoms with Gasteiger partial charge in [-0.05, 0) is 31.5 Å². The highest BCUT2D eigenvalue weighted by Gasteiger charge is 2.30. The van der Waals surface area contributed by atoms with E-state index < -0.39 is 0 Å². The van der Waals surface area contributed by atoms with E-state index in [1.807, 2.05) is 13.0 Å². The normalized spacial score (nSPS) is 13.3. The van der Waals surface area contributed by atoms with Gasteiger partial charge in [-0.1, -0.05) is 42.0 Å². The molecular formula is C21H22N2O2. The van der Waals surface area contributed by atoms with Crippen molar-refractivity contribution in [1.29, 1.82) is 0 Å². The molecule has 128 valence electrons. The Bertz CT molecular complexity index is 928. The summed E-state index contributed by atoms with van der Waals surface area (Å²) in [6.07, 6.45) is -0.231. The van der Waals surface area contributed by atoms with Gasteiger partial charge >= 0.3 is 6.09 Å². The number of rotatable bonds is 3. The summed E-state index contributed by atoms with van der Waals surface area (Å²) in [5.41, 5.74) is 6.21. The van der Waals surface area contributed by atoms with Crippen LogP contribution in [0.4, 0.5) is 4.79 Å². The summed E-state index contributed by atoms with van der Waals surface area (Å²) in [5, 5.41) is 1.25. The van der Waals surface area contributed by atoms with Crippen LogP contribution < -0.4 is 0 Å². The molecule has 1 aliphatic rings. The quantitative estimate of drug-likeness (QED) is 0.708. The molecule has 0 aliphatic carbocycles. The van der Waals surface area contributed by atoms with E-state index in [-0.39, 0.29) is 6.09 Å². The molecule has 2 heterocycles. The van der Waals surface area contributed by atoms with Gasteiger partial charge in [-0.3, -0.25) is 4.90 Å². The topological polar surface area (TPSA) is 34.5 Å². The number of fused-ring (bicyclic) bond motifs is 3. The van der Waals surface area contributed by atoms with Crippen molar-refractivity contribution in [2.24, 2.45) is 0 Å². The van der Waals surface area contributed by atoms with Crippen LogP contribution in [0.15, 0.2) is 48.5 Å². The second kappa shape index (κ2) is 6.28. The lowest BCUT2D eigenvalue weighted by Gasteiger charge is -2.17. The molecule has 0 bridgehead atoms. The molecule has 1 aliphatic heterocycles. The number of hydrogen-bond donors (Lipinski definition) is 0. The van der Waals surface area contributed by atoms with Crippen LogP contribution in [0.2, 0.25) is 0 Å². The van der Waals surface area contributed by atoms with Gasteiger partial charge in [0.05, 0.1) is 19.7 Å². The van der Waals surface area contributed by atoms with Gasteiger partial charge in [0.2, 0.25) is 0 Å². The fourth-order valence-corrected chi connectivity index (χ4v) is 3.67. The molecule has 4 rings (SSSR count). The summed E-state index contributed by atoms with van der Waals surface area (Å²) in [6, 6.07) is 17.0. The molecule has 1 aromatic heterocycles. The lowest BCUT2D eigenvalue weighted by atomic mass is 10.1. The number of benzene rings is 2. The van der Waals surface area contributed by atoms with E-state index in [4.69, 9.17) is 4.74 Å². The molecule has 0 unspecified atom stereocenters. The summed E-state index contributed by atoms with van der Waals surface area (Å²) < 4.78 is 7.54. The van der Waals surface area contributed by atoms with Crippen molar-refractivity contribution in [2.75, 3.05) is 6.61 Å². The molecule has 0 saturated carbocycles. The number of nitrogens with zero attached hydrogens (tertiary/aromatic N) is 2. The third-order valence-corrected chi connectivity index (χ3v) is 4.84. The van der Waals surface area contributed by atoms with Crippen molar-refractivity contribution < 1.29 is 9.53 Å². The van der Waals surface area contributed by atoms with E-state index in [2.05, 4.69) is 54.0 Å². The Morgan fingerprint density at radius 2 is 1.92 bits per heavy atom. The fourth-order valence-electron chi connectivity index (χ4n) is 3.67. The van der Waals surface area contributed by atoms with Crippen molar-refractivity contribution in [1.82, 2.24) is 9.47 Å². The Morgan fingerprint density at radius 1 is 1.12 bits per heavy atom. The minimum Gasteiger partial charge on any atom is -0.450 e. The molecule has 0 spiro atoms. The average Bonchev–Trinajstić information content (AvgIpc) is 3.16. The summed E-state index contributed by atoms with van der Waals surface area (Å²) in [6.45, 7) is 6.40. The van der Waals surface area contributed by atoms with Crippen molar-refractivity contribution in [3.8, 4) is 0 Å². The molecule has 0 atom stereocenters. The number of carbonyl (C=O) groups is 1. The zero-order valence-electron chi connectivity index (χ0n) is 14.7. The van der Waals surface area contributed by atoms with Crippen molar-refractivity contribution >= 4 is 17.0 Å². The molecule has 0 N–H and O–H groups in total. The first kappa shape index (κ1) is 15.8. The van der Waals surface area contributed by atoms with Gasteiger partial charge in [-0.25, -0.2) is 4.79 Å². The van der Waals surface area contributed by atoms with Crippen molar-refractivity contribution in [2.45, 2.75) is 33.5 Å². The zero-order chi connectivity index (χ0) is 17.4. The third kappa shape index (κ3) is 2.78. The lowest BCUT2D eigenvalue weighted by molar-refractivity contribution is 0.106. The van der Waals surface area contributed by atoms with Crippen molar-refractivity contribution in [3.63, 3.8) is 0 Å². The molecule has 0 radical (unpaired) electrons. The Labute approximate surface area is 147 Å². The van der Waals surface area contributed by atoms with Gasteiger partial charge in [0.25, 0.3) is 0 Å². The van der Waals surface area contributed by atoms with E-state index in [0.29, 0.717) is 19.7 Å². The maximum absolute atomic E-state index is 12.2. The first-order valence-electron chi connectivity index (χ1n) is 8.73. The van der Waals surface area contributed by atoms with E-state index in [1.54, 1.807) is 4.90 Å². The summed E-state index contributed by atoms with van der Waals surface area (Å²) in [5.74, 6) is 0. The van der Waals surface area contributed by atoms with Crippen LogP contribution in [0.1, 0.15) is 29.3 Å². The minimum atomic E-state index is -0.231. The number of ether oxygens (including phenoxy) is 1. The van der Waals surface area contributed by atoms with Crippen LogP contribution in [0.25, 0.3) is 10.9 Å². The number of carbonyl (C=O) groups excluding carboxylic acids is 1. The number of amides is 1.